The third-order valence-corrected chi connectivity index (χ3v) is 3.69. The molecule has 0 aromatic carbocycles. The van der Waals surface area contributed by atoms with Crippen LogP contribution in [-0.4, -0.2) is 39.6 Å². The number of aliphatic hydroxyl groups is 2. The van der Waals surface area contributed by atoms with E-state index in [0.717, 1.165) is 0 Å². The summed E-state index contributed by atoms with van der Waals surface area (Å²) < 4.78 is 16.0. The molecule has 0 aromatic heterocycles. The van der Waals surface area contributed by atoms with Crippen LogP contribution in [0.2, 0.25) is 0 Å². The first kappa shape index (κ1) is 13.1. The SMILES string of the molecule is CC(C)(C)P(=O)(O)OCC(O)CO. The smallest absolute Gasteiger partial charge is 0.333 e. The Morgan fingerprint density at radius 3 is 2.23 bits per heavy atom. The van der Waals surface area contributed by atoms with E-state index in [1.54, 1.807) is 20.8 Å². The quantitative estimate of drug-likeness (QED) is 0.585. The summed E-state index contributed by atoms with van der Waals surface area (Å²) in [5, 5.41) is 16.4. The third-order valence-electron chi connectivity index (χ3n) is 1.50. The Morgan fingerprint density at radius 1 is 1.46 bits per heavy atom. The molecule has 2 atom stereocenters. The van der Waals surface area contributed by atoms with E-state index in [9.17, 15) is 9.46 Å². The first-order chi connectivity index (χ1) is 5.70. The van der Waals surface area contributed by atoms with Gasteiger partial charge in [-0.25, -0.2) is 0 Å². The maximum Gasteiger partial charge on any atom is 0.333 e. The van der Waals surface area contributed by atoms with Crippen molar-refractivity contribution in [2.45, 2.75) is 32.0 Å². The zero-order valence-corrected chi connectivity index (χ0v) is 8.99. The largest absolute Gasteiger partial charge is 0.394 e. The van der Waals surface area contributed by atoms with E-state index >= 15 is 0 Å². The first-order valence-corrected chi connectivity index (χ1v) is 5.55. The van der Waals surface area contributed by atoms with Crippen LogP contribution in [-0.2, 0) is 9.09 Å². The van der Waals surface area contributed by atoms with Gasteiger partial charge in [0.2, 0.25) is 0 Å². The van der Waals surface area contributed by atoms with Gasteiger partial charge in [0.15, 0.2) is 0 Å². The van der Waals surface area contributed by atoms with Gasteiger partial charge in [-0.2, -0.15) is 0 Å². The molecule has 0 fully saturated rings. The molecule has 5 nitrogen and oxygen atoms in total. The van der Waals surface area contributed by atoms with Gasteiger partial charge in [-0.05, 0) is 20.8 Å². The Bertz CT molecular complexity index is 198. The third kappa shape index (κ3) is 4.20. The molecule has 0 saturated carbocycles. The molecule has 0 aliphatic carbocycles. The Labute approximate surface area is 77.9 Å². The zero-order valence-electron chi connectivity index (χ0n) is 8.10. The van der Waals surface area contributed by atoms with Gasteiger partial charge in [-0.1, -0.05) is 0 Å². The highest BCUT2D eigenvalue weighted by Gasteiger charge is 2.36. The van der Waals surface area contributed by atoms with Crippen molar-refractivity contribution in [1.29, 1.82) is 0 Å². The predicted octanol–water partition coefficient (Wildman–Crippen LogP) is 0.340. The molecule has 6 heteroatoms. The van der Waals surface area contributed by atoms with E-state index in [1.807, 2.05) is 0 Å². The molecule has 0 amide bonds. The lowest BCUT2D eigenvalue weighted by Crippen LogP contribution is -2.23. The van der Waals surface area contributed by atoms with Crippen LogP contribution in [0.4, 0.5) is 0 Å². The highest BCUT2D eigenvalue weighted by atomic mass is 31.2. The fourth-order valence-corrected chi connectivity index (χ4v) is 1.19. The number of hydrogen-bond acceptors (Lipinski definition) is 4. The molecule has 0 heterocycles. The van der Waals surface area contributed by atoms with E-state index in [0.29, 0.717) is 0 Å². The molecule has 80 valence electrons. The lowest BCUT2D eigenvalue weighted by atomic mass is 10.3. The molecule has 3 N–H and O–H groups in total. The van der Waals surface area contributed by atoms with E-state index in [1.165, 1.54) is 0 Å². The summed E-state index contributed by atoms with van der Waals surface area (Å²) in [6.07, 6.45) is -1.11. The highest BCUT2D eigenvalue weighted by Crippen LogP contribution is 2.54. The average Bonchev–Trinajstić information content (AvgIpc) is 1.98. The van der Waals surface area contributed by atoms with Gasteiger partial charge in [0.25, 0.3) is 0 Å². The Hall–Kier alpha value is 0.0700. The molecule has 0 bridgehead atoms. The normalized spacial score (nSPS) is 19.5. The van der Waals surface area contributed by atoms with Gasteiger partial charge in [0, 0.05) is 0 Å². The molecule has 13 heavy (non-hydrogen) atoms. The molecule has 0 radical (unpaired) electrons. The summed E-state index contributed by atoms with van der Waals surface area (Å²) in [7, 11) is -3.71. The fourth-order valence-electron chi connectivity index (χ4n) is 0.433. The van der Waals surface area contributed by atoms with Crippen molar-refractivity contribution in [2.24, 2.45) is 0 Å². The monoisotopic (exact) mass is 212 g/mol. The van der Waals surface area contributed by atoms with E-state index < -0.39 is 25.5 Å². The molecular formula is C7H17O5P. The maximum atomic E-state index is 11.4. The van der Waals surface area contributed by atoms with Gasteiger partial charge >= 0.3 is 7.60 Å². The summed E-state index contributed by atoms with van der Waals surface area (Å²) >= 11 is 0. The second-order valence-electron chi connectivity index (χ2n) is 3.82. The van der Waals surface area contributed by atoms with Crippen LogP contribution in [0.3, 0.4) is 0 Å². The molecule has 0 saturated heterocycles. The lowest BCUT2D eigenvalue weighted by Gasteiger charge is -2.25. The van der Waals surface area contributed by atoms with Crippen LogP contribution in [0.15, 0.2) is 0 Å². The molecule has 0 rings (SSSR count). The van der Waals surface area contributed by atoms with Gasteiger partial charge in [-0.15, -0.1) is 0 Å². The maximum absolute atomic E-state index is 11.4. The summed E-state index contributed by atoms with van der Waals surface area (Å²) in [6, 6.07) is 0. The Morgan fingerprint density at radius 2 is 1.92 bits per heavy atom. The highest BCUT2D eigenvalue weighted by molar-refractivity contribution is 7.54. The summed E-state index contributed by atoms with van der Waals surface area (Å²) in [5.74, 6) is 0. The molecule has 2 unspecified atom stereocenters. The van der Waals surface area contributed by atoms with Crippen LogP contribution in [0.1, 0.15) is 20.8 Å². The Kier molecular flexibility index (Phi) is 4.55. The summed E-state index contributed by atoms with van der Waals surface area (Å²) in [5.41, 5.74) is 0. The number of hydrogen-bond donors (Lipinski definition) is 3. The molecule has 0 aliphatic rings. The topological polar surface area (TPSA) is 87.0 Å². The standard InChI is InChI=1S/C7H17O5P/c1-7(2,3)13(10,11)12-5-6(9)4-8/h6,8-9H,4-5H2,1-3H3,(H,10,11). The van der Waals surface area contributed by atoms with Crippen LogP contribution < -0.4 is 0 Å². The van der Waals surface area contributed by atoms with Gasteiger partial charge in [0.05, 0.1) is 18.4 Å². The van der Waals surface area contributed by atoms with Crippen molar-refractivity contribution in [3.05, 3.63) is 0 Å². The number of aliphatic hydroxyl groups excluding tert-OH is 2. The van der Waals surface area contributed by atoms with Crippen LogP contribution in [0, 0.1) is 0 Å². The second-order valence-corrected chi connectivity index (χ2v) is 6.46. The zero-order chi connectivity index (χ0) is 10.7. The average molecular weight is 212 g/mol. The molecule has 0 aliphatic heterocycles. The molecule has 0 aromatic rings. The fraction of sp³-hybridized carbons (Fsp3) is 1.00. The van der Waals surface area contributed by atoms with Gasteiger partial charge < -0.3 is 19.6 Å². The first-order valence-electron chi connectivity index (χ1n) is 3.97. The van der Waals surface area contributed by atoms with Crippen LogP contribution >= 0.6 is 7.60 Å². The van der Waals surface area contributed by atoms with Crippen LogP contribution in [0.5, 0.6) is 0 Å². The summed E-state index contributed by atoms with van der Waals surface area (Å²) in [4.78, 5) is 9.34. The van der Waals surface area contributed by atoms with Crippen molar-refractivity contribution in [2.75, 3.05) is 13.2 Å². The van der Waals surface area contributed by atoms with Gasteiger partial charge in [-0.3, -0.25) is 4.57 Å². The number of rotatable bonds is 4. The van der Waals surface area contributed by atoms with Crippen molar-refractivity contribution >= 4 is 7.60 Å². The lowest BCUT2D eigenvalue weighted by molar-refractivity contribution is 0.0479. The Balaban J connectivity index is 4.13. The van der Waals surface area contributed by atoms with Crippen molar-refractivity contribution < 1.29 is 24.2 Å². The van der Waals surface area contributed by atoms with E-state index in [4.69, 9.17) is 10.2 Å². The molecular weight excluding hydrogens is 195 g/mol. The van der Waals surface area contributed by atoms with Crippen molar-refractivity contribution in [3.8, 4) is 0 Å². The van der Waals surface area contributed by atoms with Gasteiger partial charge in [0.1, 0.15) is 6.10 Å². The van der Waals surface area contributed by atoms with Crippen LogP contribution in [0.25, 0.3) is 0 Å². The minimum absolute atomic E-state index is 0.332. The minimum Gasteiger partial charge on any atom is -0.394 e. The second kappa shape index (κ2) is 4.53. The summed E-state index contributed by atoms with van der Waals surface area (Å²) in [6.45, 7) is 3.89. The molecule has 0 spiro atoms. The van der Waals surface area contributed by atoms with E-state index in [2.05, 4.69) is 4.52 Å². The van der Waals surface area contributed by atoms with Crippen molar-refractivity contribution in [1.82, 2.24) is 0 Å². The van der Waals surface area contributed by atoms with Crippen molar-refractivity contribution in [3.63, 3.8) is 0 Å². The minimum atomic E-state index is -3.71. The predicted molar refractivity (Wildman–Crippen MR) is 48.6 cm³/mol. The van der Waals surface area contributed by atoms with E-state index in [-0.39, 0.29) is 6.61 Å².